The lowest BCUT2D eigenvalue weighted by atomic mass is 9.96. The number of rotatable bonds is 52. The van der Waals surface area contributed by atoms with E-state index in [2.05, 4.69) is 92.1 Å². The molecule has 0 bridgehead atoms. The van der Waals surface area contributed by atoms with Crippen molar-refractivity contribution in [1.29, 1.82) is 0 Å². The predicted molar refractivity (Wildman–Crippen MR) is 351 cm³/mol. The van der Waals surface area contributed by atoms with Crippen LogP contribution in [0, 0.1) is 0 Å². The van der Waals surface area contributed by atoms with Gasteiger partial charge in [-0.2, -0.15) is 0 Å². The highest BCUT2D eigenvalue weighted by atomic mass is 16.8. The van der Waals surface area contributed by atoms with Gasteiger partial charge in [-0.25, -0.2) is 0 Å². The highest BCUT2D eigenvalue weighted by Gasteiger charge is 2.53. The maximum Gasteiger partial charge on any atom is 0.220 e. The molecular formula is C71H123NO18. The van der Waals surface area contributed by atoms with Crippen LogP contribution in [-0.2, 0) is 33.2 Å². The predicted octanol–water partition coefficient (Wildman–Crippen LogP) is 9.10. The highest BCUT2D eigenvalue weighted by molar-refractivity contribution is 5.76. The first kappa shape index (κ1) is 81.2. The zero-order valence-electron chi connectivity index (χ0n) is 54.8. The van der Waals surface area contributed by atoms with Crippen LogP contribution in [-0.4, -0.2) is 193 Å². The molecule has 17 atom stereocenters. The summed E-state index contributed by atoms with van der Waals surface area (Å²) in [7, 11) is 0. The van der Waals surface area contributed by atoms with E-state index in [4.69, 9.17) is 28.4 Å². The minimum atomic E-state index is -1.98. The van der Waals surface area contributed by atoms with Gasteiger partial charge in [0.05, 0.1) is 38.6 Å². The molecule has 0 spiro atoms. The van der Waals surface area contributed by atoms with Gasteiger partial charge in [0, 0.05) is 6.42 Å². The number of unbranched alkanes of at least 4 members (excludes halogenated alkanes) is 24. The van der Waals surface area contributed by atoms with E-state index in [1.807, 2.05) is 6.08 Å². The normalized spacial score (nSPS) is 28.6. The second-order valence-electron chi connectivity index (χ2n) is 24.6. The maximum absolute atomic E-state index is 13.3. The zero-order valence-corrected chi connectivity index (χ0v) is 54.8. The number of hydrogen-bond acceptors (Lipinski definition) is 18. The standard InChI is InChI=1S/C71H123NO18/c1-3-5-7-9-11-13-15-16-17-18-19-20-21-22-23-24-25-26-27-28-29-30-31-32-33-34-35-36-37-38-39-41-43-45-47-49-59(77)72-54(55(76)48-46-44-42-40-14-12-10-8-6-4-2)53-85-69-65(83)62(80)67(57(51-74)87-69)90-71-66(84)63(81)68(58(52-75)88-71)89-70-64(82)61(79)60(78)56(50-73)86-70/h5,7,11,13-14,16-17,19-20,22-23,40,46,48,54-58,60-71,73-76,78-84H,3-4,6,8-10,12,15,18,21,24-39,41-45,47,49-53H2,1-2H3,(H,72,77)/b7-5-,13-11-,17-16-,20-19-,23-22-,40-14+,48-46+. The Labute approximate surface area is 540 Å². The van der Waals surface area contributed by atoms with Crippen molar-refractivity contribution in [2.24, 2.45) is 0 Å². The molecule has 0 aromatic rings. The van der Waals surface area contributed by atoms with Crippen LogP contribution in [0.5, 0.6) is 0 Å². The quantitative estimate of drug-likeness (QED) is 0.0200. The summed E-state index contributed by atoms with van der Waals surface area (Å²) in [5, 5.41) is 120. The van der Waals surface area contributed by atoms with Gasteiger partial charge < -0.3 is 89.9 Å². The van der Waals surface area contributed by atoms with Gasteiger partial charge in [-0.05, 0) is 77.0 Å². The van der Waals surface area contributed by atoms with Crippen molar-refractivity contribution < 1.29 is 89.4 Å². The lowest BCUT2D eigenvalue weighted by molar-refractivity contribution is -0.379. The Morgan fingerprint density at radius 3 is 1.24 bits per heavy atom. The zero-order chi connectivity index (χ0) is 65.4. The van der Waals surface area contributed by atoms with Gasteiger partial charge in [0.25, 0.3) is 0 Å². The first-order valence-electron chi connectivity index (χ1n) is 34.8. The van der Waals surface area contributed by atoms with Crippen LogP contribution in [0.3, 0.4) is 0 Å². The number of amides is 1. The van der Waals surface area contributed by atoms with Crippen molar-refractivity contribution in [2.75, 3.05) is 26.4 Å². The molecule has 0 radical (unpaired) electrons. The molecule has 3 fully saturated rings. The van der Waals surface area contributed by atoms with Crippen molar-refractivity contribution in [3.05, 3.63) is 85.1 Å². The fourth-order valence-corrected chi connectivity index (χ4v) is 11.3. The summed E-state index contributed by atoms with van der Waals surface area (Å²) >= 11 is 0. The van der Waals surface area contributed by atoms with Gasteiger partial charge in [0.15, 0.2) is 18.9 Å². The molecule has 3 heterocycles. The molecule has 3 saturated heterocycles. The minimum Gasteiger partial charge on any atom is -0.394 e. The number of hydrogen-bond donors (Lipinski definition) is 12. The number of allylic oxidation sites excluding steroid dienone is 13. The lowest BCUT2D eigenvalue weighted by Gasteiger charge is -2.48. The Balaban J connectivity index is 1.32. The van der Waals surface area contributed by atoms with Gasteiger partial charge in [0.1, 0.15) is 73.2 Å². The molecule has 90 heavy (non-hydrogen) atoms. The first-order chi connectivity index (χ1) is 43.8. The number of carbonyl (C=O) groups is 1. The molecule has 1 amide bonds. The minimum absolute atomic E-state index is 0.234. The average Bonchev–Trinajstić information content (AvgIpc) is 1.08. The fraction of sp³-hybridized carbons (Fsp3) is 0.789. The van der Waals surface area contributed by atoms with Crippen LogP contribution < -0.4 is 5.32 Å². The van der Waals surface area contributed by atoms with E-state index in [0.29, 0.717) is 12.8 Å². The molecule has 520 valence electrons. The third kappa shape index (κ3) is 33.9. The van der Waals surface area contributed by atoms with E-state index >= 15 is 0 Å². The van der Waals surface area contributed by atoms with Crippen molar-refractivity contribution in [3.8, 4) is 0 Å². The lowest BCUT2D eigenvalue weighted by Crippen LogP contribution is -2.66. The molecule has 3 rings (SSSR count). The number of ether oxygens (including phenoxy) is 6. The highest BCUT2D eigenvalue weighted by Crippen LogP contribution is 2.33. The molecule has 12 N–H and O–H groups in total. The van der Waals surface area contributed by atoms with E-state index in [0.717, 1.165) is 70.6 Å². The van der Waals surface area contributed by atoms with Crippen molar-refractivity contribution in [2.45, 2.75) is 330 Å². The topological polar surface area (TPSA) is 307 Å². The molecule has 0 saturated carbocycles. The number of aliphatic hydroxyl groups is 11. The molecule has 0 aromatic carbocycles. The summed E-state index contributed by atoms with van der Waals surface area (Å²) in [4.78, 5) is 13.3. The smallest absolute Gasteiger partial charge is 0.220 e. The van der Waals surface area contributed by atoms with Crippen molar-refractivity contribution >= 4 is 5.91 Å². The number of aliphatic hydroxyl groups excluding tert-OH is 11. The van der Waals surface area contributed by atoms with Gasteiger partial charge in [-0.1, -0.05) is 227 Å². The molecule has 3 aliphatic heterocycles. The van der Waals surface area contributed by atoms with E-state index in [-0.39, 0.29) is 18.9 Å². The summed E-state index contributed by atoms with van der Waals surface area (Å²) in [6, 6.07) is -0.990. The average molecular weight is 1280 g/mol. The van der Waals surface area contributed by atoms with Gasteiger partial charge >= 0.3 is 0 Å². The molecule has 0 aliphatic carbocycles. The summed E-state index contributed by atoms with van der Waals surface area (Å²) < 4.78 is 34.2. The molecule has 0 aromatic heterocycles. The van der Waals surface area contributed by atoms with Gasteiger partial charge in [-0.15, -0.1) is 0 Å². The van der Waals surface area contributed by atoms with E-state index < -0.39 is 124 Å². The summed E-state index contributed by atoms with van der Waals surface area (Å²) in [6.07, 6.45) is 40.4. The van der Waals surface area contributed by atoms with E-state index in [1.165, 1.54) is 122 Å². The Kier molecular flexibility index (Phi) is 47.2. The Morgan fingerprint density at radius 2 is 0.778 bits per heavy atom. The largest absolute Gasteiger partial charge is 0.394 e. The summed E-state index contributed by atoms with van der Waals surface area (Å²) in [5.74, 6) is -0.288. The molecule has 19 nitrogen and oxygen atoms in total. The SMILES string of the molecule is CC/C=C\C/C=C\C/C=C\C/C=C\C/C=C\CCCCCCCCCCCCCCCCCCCCCC(=O)NC(COC1OC(CO)C(OC2OC(CO)C(OC3OC(CO)C(O)C(O)C3O)C(O)C2O)C(O)C1O)C(O)/C=C/CC/C=C/CCCCCC. The second kappa shape index (κ2) is 52.3. The summed E-state index contributed by atoms with van der Waals surface area (Å²) in [6.45, 7) is 1.54. The van der Waals surface area contributed by atoms with Gasteiger partial charge in [0.2, 0.25) is 5.91 Å². The Hall–Kier alpha value is -3.03. The van der Waals surface area contributed by atoms with Crippen LogP contribution in [0.25, 0.3) is 0 Å². The molecule has 19 heteroatoms. The van der Waals surface area contributed by atoms with Crippen molar-refractivity contribution in [1.82, 2.24) is 5.32 Å². The van der Waals surface area contributed by atoms with Crippen LogP contribution in [0.15, 0.2) is 85.1 Å². The van der Waals surface area contributed by atoms with Gasteiger partial charge in [-0.3, -0.25) is 4.79 Å². The third-order valence-corrected chi connectivity index (χ3v) is 16.9. The fourth-order valence-electron chi connectivity index (χ4n) is 11.3. The maximum atomic E-state index is 13.3. The van der Waals surface area contributed by atoms with Crippen LogP contribution in [0.1, 0.15) is 226 Å². The van der Waals surface area contributed by atoms with Crippen LogP contribution in [0.2, 0.25) is 0 Å². The first-order valence-corrected chi connectivity index (χ1v) is 34.8. The molecular weight excluding hydrogens is 1150 g/mol. The monoisotopic (exact) mass is 1280 g/mol. The Morgan fingerprint density at radius 1 is 0.411 bits per heavy atom. The third-order valence-electron chi connectivity index (χ3n) is 16.9. The molecule has 3 aliphatic rings. The second-order valence-corrected chi connectivity index (χ2v) is 24.6. The summed E-state index contributed by atoms with van der Waals surface area (Å²) in [5.41, 5.74) is 0. The Bertz CT molecular complexity index is 1960. The van der Waals surface area contributed by atoms with E-state index in [9.17, 15) is 61.0 Å². The van der Waals surface area contributed by atoms with E-state index in [1.54, 1.807) is 6.08 Å². The van der Waals surface area contributed by atoms with Crippen LogP contribution in [0.4, 0.5) is 0 Å². The van der Waals surface area contributed by atoms with Crippen molar-refractivity contribution in [3.63, 3.8) is 0 Å². The molecule has 17 unspecified atom stereocenters. The number of carbonyl (C=O) groups excluding carboxylic acids is 1. The van der Waals surface area contributed by atoms with Crippen LogP contribution >= 0.6 is 0 Å². The number of nitrogens with one attached hydrogen (secondary N) is 1.